The van der Waals surface area contributed by atoms with E-state index in [9.17, 15) is 0 Å². The fourth-order valence-electron chi connectivity index (χ4n) is 7.84. The van der Waals surface area contributed by atoms with Crippen LogP contribution in [0.1, 0.15) is 0 Å². The zero-order valence-electron chi connectivity index (χ0n) is 29.0. The van der Waals surface area contributed by atoms with E-state index in [1.807, 2.05) is 6.07 Å². The summed E-state index contributed by atoms with van der Waals surface area (Å²) in [5, 5.41) is 7.41. The molecule has 0 amide bonds. The summed E-state index contributed by atoms with van der Waals surface area (Å²) in [6.07, 6.45) is 0. The van der Waals surface area contributed by atoms with Gasteiger partial charge < -0.3 is 4.57 Å². The van der Waals surface area contributed by atoms with E-state index < -0.39 is 0 Å². The Balaban J connectivity index is 1.09. The maximum atomic E-state index is 5.20. The number of thiophene rings is 1. The first-order chi connectivity index (χ1) is 26.7. The fraction of sp³-hybridized carbons (Fsp3) is 0. The van der Waals surface area contributed by atoms with Gasteiger partial charge in [-0.15, -0.1) is 11.3 Å². The molecule has 3 heterocycles. The normalized spacial score (nSPS) is 11.7. The second-order valence-corrected chi connectivity index (χ2v) is 14.7. The zero-order chi connectivity index (χ0) is 35.6. The number of benzene rings is 8. The van der Waals surface area contributed by atoms with Gasteiger partial charge >= 0.3 is 0 Å². The largest absolute Gasteiger partial charge is 0.309 e. The van der Waals surface area contributed by atoms with Crippen LogP contribution in [0.4, 0.5) is 0 Å². The van der Waals surface area contributed by atoms with Gasteiger partial charge in [0.15, 0.2) is 17.5 Å². The summed E-state index contributed by atoms with van der Waals surface area (Å²) < 4.78 is 4.79. The molecule has 8 aromatic carbocycles. The summed E-state index contributed by atoms with van der Waals surface area (Å²) in [7, 11) is 0. The lowest BCUT2D eigenvalue weighted by Crippen LogP contribution is -2.01. The van der Waals surface area contributed by atoms with E-state index in [4.69, 9.17) is 15.0 Å². The van der Waals surface area contributed by atoms with Gasteiger partial charge in [-0.25, -0.2) is 15.0 Å². The number of rotatable bonds is 5. The van der Waals surface area contributed by atoms with Crippen molar-refractivity contribution >= 4 is 64.1 Å². The molecule has 0 unspecified atom stereocenters. The van der Waals surface area contributed by atoms with Crippen LogP contribution in [-0.2, 0) is 0 Å². The quantitative estimate of drug-likeness (QED) is 0.179. The second-order valence-electron chi connectivity index (χ2n) is 13.6. The van der Waals surface area contributed by atoms with Crippen molar-refractivity contribution in [1.82, 2.24) is 19.5 Å². The third-order valence-electron chi connectivity index (χ3n) is 10.4. The van der Waals surface area contributed by atoms with E-state index >= 15 is 0 Å². The van der Waals surface area contributed by atoms with Crippen molar-refractivity contribution in [3.8, 4) is 51.0 Å². The SMILES string of the molecule is c1ccc(-c2cccc(-c3nc(-c4ccc(-n5c6ccccc6c6cc7ccccc7cc65)cc4)nc(-c4cccc5c4sc4ccccc45)n3)c2)cc1. The molecule has 11 aromatic rings. The van der Waals surface area contributed by atoms with Crippen LogP contribution in [0, 0.1) is 0 Å². The molecule has 0 aliphatic rings. The monoisotopic (exact) mass is 706 g/mol. The Morgan fingerprint density at radius 1 is 0.370 bits per heavy atom. The molecular formula is C49H30N4S. The van der Waals surface area contributed by atoms with Crippen molar-refractivity contribution in [1.29, 1.82) is 0 Å². The van der Waals surface area contributed by atoms with Crippen LogP contribution in [0.3, 0.4) is 0 Å². The molecule has 0 saturated carbocycles. The lowest BCUT2D eigenvalue weighted by atomic mass is 10.0. The molecule has 0 aliphatic heterocycles. The number of aromatic nitrogens is 4. The average molecular weight is 707 g/mol. The van der Waals surface area contributed by atoms with Crippen LogP contribution in [0.5, 0.6) is 0 Å². The van der Waals surface area contributed by atoms with Crippen LogP contribution >= 0.6 is 11.3 Å². The van der Waals surface area contributed by atoms with Crippen molar-refractivity contribution in [2.45, 2.75) is 0 Å². The van der Waals surface area contributed by atoms with E-state index in [1.54, 1.807) is 11.3 Å². The summed E-state index contributed by atoms with van der Waals surface area (Å²) in [6, 6.07) is 64.4. The van der Waals surface area contributed by atoms with E-state index in [0.717, 1.165) is 33.5 Å². The molecule has 0 spiro atoms. The van der Waals surface area contributed by atoms with Crippen molar-refractivity contribution in [2.75, 3.05) is 0 Å². The summed E-state index contributed by atoms with van der Waals surface area (Å²) in [5.41, 5.74) is 8.59. The summed E-state index contributed by atoms with van der Waals surface area (Å²) in [5.74, 6) is 1.94. The Labute approximate surface area is 315 Å². The summed E-state index contributed by atoms with van der Waals surface area (Å²) >= 11 is 1.79. The summed E-state index contributed by atoms with van der Waals surface area (Å²) in [4.78, 5) is 15.5. The minimum absolute atomic E-state index is 0.637. The highest BCUT2D eigenvalue weighted by Gasteiger charge is 2.18. The standard InChI is InChI=1S/C49H30N4S/c1-2-12-31(13-3-1)33-16-10-17-36(28-33)48-50-47(51-49(52-48)41-21-11-20-40-39-19-7-9-23-45(39)54-46(40)41)32-24-26-37(27-25-32)53-43-22-8-6-18-38(43)42-29-34-14-4-5-15-35(34)30-44(42)53/h1-30H. The Hall–Kier alpha value is -6.95. The van der Waals surface area contributed by atoms with Crippen molar-refractivity contribution in [3.63, 3.8) is 0 Å². The molecule has 0 N–H and O–H groups in total. The van der Waals surface area contributed by atoms with Crippen molar-refractivity contribution < 1.29 is 0 Å². The number of hydrogen-bond donors (Lipinski definition) is 0. The van der Waals surface area contributed by atoms with Gasteiger partial charge in [-0.1, -0.05) is 121 Å². The van der Waals surface area contributed by atoms with E-state index in [2.05, 4.69) is 180 Å². The molecule has 3 aromatic heterocycles. The number of para-hydroxylation sites is 1. The number of hydrogen-bond acceptors (Lipinski definition) is 4. The highest BCUT2D eigenvalue weighted by molar-refractivity contribution is 7.26. The van der Waals surface area contributed by atoms with Crippen LogP contribution in [0.15, 0.2) is 182 Å². The summed E-state index contributed by atoms with van der Waals surface area (Å²) in [6.45, 7) is 0. The van der Waals surface area contributed by atoms with Gasteiger partial charge in [0.2, 0.25) is 0 Å². The second kappa shape index (κ2) is 12.3. The topological polar surface area (TPSA) is 43.6 Å². The third-order valence-corrected chi connectivity index (χ3v) is 11.7. The van der Waals surface area contributed by atoms with Crippen LogP contribution in [-0.4, -0.2) is 19.5 Å². The Bertz CT molecular complexity index is 3210. The molecule has 0 fully saturated rings. The predicted molar refractivity (Wildman–Crippen MR) is 226 cm³/mol. The molecule has 0 bridgehead atoms. The number of fused-ring (bicyclic) bond motifs is 7. The fourth-order valence-corrected chi connectivity index (χ4v) is 9.05. The molecular weight excluding hydrogens is 677 g/mol. The molecule has 4 nitrogen and oxygen atoms in total. The first-order valence-electron chi connectivity index (χ1n) is 18.1. The predicted octanol–water partition coefficient (Wildman–Crippen LogP) is 13.2. The maximum absolute atomic E-state index is 5.20. The molecule has 0 aliphatic carbocycles. The first-order valence-corrected chi connectivity index (χ1v) is 18.9. The first kappa shape index (κ1) is 30.7. The minimum Gasteiger partial charge on any atom is -0.309 e. The lowest BCUT2D eigenvalue weighted by molar-refractivity contribution is 1.08. The Morgan fingerprint density at radius 3 is 1.85 bits per heavy atom. The van der Waals surface area contributed by atoms with Gasteiger partial charge in [0, 0.05) is 53.3 Å². The highest BCUT2D eigenvalue weighted by Crippen LogP contribution is 2.40. The smallest absolute Gasteiger partial charge is 0.165 e. The Morgan fingerprint density at radius 2 is 1.00 bits per heavy atom. The van der Waals surface area contributed by atoms with Gasteiger partial charge in [-0.3, -0.25) is 0 Å². The molecule has 0 radical (unpaired) electrons. The average Bonchev–Trinajstić information content (AvgIpc) is 3.78. The molecule has 0 atom stereocenters. The highest BCUT2D eigenvalue weighted by atomic mass is 32.1. The minimum atomic E-state index is 0.637. The van der Waals surface area contributed by atoms with E-state index in [1.165, 1.54) is 52.8 Å². The van der Waals surface area contributed by atoms with Crippen molar-refractivity contribution in [3.05, 3.63) is 182 Å². The van der Waals surface area contributed by atoms with Gasteiger partial charge in [-0.2, -0.15) is 0 Å². The third kappa shape index (κ3) is 5.01. The zero-order valence-corrected chi connectivity index (χ0v) is 29.8. The van der Waals surface area contributed by atoms with Gasteiger partial charge in [0.05, 0.1) is 11.0 Å². The van der Waals surface area contributed by atoms with Gasteiger partial charge in [0.25, 0.3) is 0 Å². The van der Waals surface area contributed by atoms with Crippen LogP contribution < -0.4 is 0 Å². The maximum Gasteiger partial charge on any atom is 0.165 e. The van der Waals surface area contributed by atoms with Crippen LogP contribution in [0.25, 0.3) is 104 Å². The lowest BCUT2D eigenvalue weighted by Gasteiger charge is -2.12. The number of nitrogens with zero attached hydrogens (tertiary/aromatic N) is 4. The molecule has 0 saturated heterocycles. The van der Waals surface area contributed by atoms with Gasteiger partial charge in [-0.05, 0) is 82.6 Å². The molecule has 5 heteroatoms. The van der Waals surface area contributed by atoms with Gasteiger partial charge in [0.1, 0.15) is 0 Å². The molecule has 54 heavy (non-hydrogen) atoms. The van der Waals surface area contributed by atoms with Crippen LogP contribution in [0.2, 0.25) is 0 Å². The van der Waals surface area contributed by atoms with Crippen molar-refractivity contribution in [2.24, 2.45) is 0 Å². The molecule has 252 valence electrons. The van der Waals surface area contributed by atoms with E-state index in [-0.39, 0.29) is 0 Å². The Kier molecular flexibility index (Phi) is 7.00. The van der Waals surface area contributed by atoms with E-state index in [0.29, 0.717) is 17.5 Å². The molecule has 11 rings (SSSR count).